The molecule has 1 saturated heterocycles. The molecule has 0 bridgehead atoms. The van der Waals surface area contributed by atoms with Gasteiger partial charge in [-0.1, -0.05) is 103 Å². The third-order valence-corrected chi connectivity index (χ3v) is 8.24. The van der Waals surface area contributed by atoms with Crippen molar-refractivity contribution in [1.82, 2.24) is 4.90 Å². The zero-order chi connectivity index (χ0) is 25.9. The van der Waals surface area contributed by atoms with E-state index in [1.807, 2.05) is 102 Å². The maximum atomic E-state index is 14.6. The second kappa shape index (κ2) is 8.38. The number of carbonyl (C=O) groups excluding carboxylic acids is 3. The Balaban J connectivity index is 1.55. The minimum Gasteiger partial charge on any atom is -0.358 e. The molecular formula is C33H24N2O3. The van der Waals surface area contributed by atoms with Gasteiger partial charge in [-0.15, -0.1) is 0 Å². The van der Waals surface area contributed by atoms with Crippen LogP contribution in [-0.2, 0) is 10.2 Å². The van der Waals surface area contributed by atoms with Crippen molar-refractivity contribution in [2.75, 3.05) is 5.32 Å². The first-order valence-corrected chi connectivity index (χ1v) is 12.8. The molecule has 3 heterocycles. The Hall–Kier alpha value is -4.77. The van der Waals surface area contributed by atoms with Gasteiger partial charge in [-0.25, -0.2) is 0 Å². The van der Waals surface area contributed by atoms with Crippen LogP contribution in [0.3, 0.4) is 0 Å². The molecule has 4 atom stereocenters. The van der Waals surface area contributed by atoms with E-state index in [-0.39, 0.29) is 17.5 Å². The first-order chi connectivity index (χ1) is 18.6. The Kier molecular flexibility index (Phi) is 4.95. The molecule has 184 valence electrons. The largest absolute Gasteiger partial charge is 0.358 e. The molecule has 0 saturated carbocycles. The molecule has 1 amide bonds. The van der Waals surface area contributed by atoms with Gasteiger partial charge in [-0.2, -0.15) is 0 Å². The molecule has 38 heavy (non-hydrogen) atoms. The molecule has 5 nitrogen and oxygen atoms in total. The van der Waals surface area contributed by atoms with E-state index in [0.29, 0.717) is 16.8 Å². The highest BCUT2D eigenvalue weighted by Gasteiger charge is 2.70. The van der Waals surface area contributed by atoms with Crippen molar-refractivity contribution in [2.24, 2.45) is 5.92 Å². The lowest BCUT2D eigenvalue weighted by Crippen LogP contribution is -2.49. The van der Waals surface area contributed by atoms with E-state index in [1.54, 1.807) is 24.3 Å². The van der Waals surface area contributed by atoms with E-state index in [0.717, 1.165) is 16.7 Å². The van der Waals surface area contributed by atoms with Crippen molar-refractivity contribution >= 4 is 29.2 Å². The number of ketones is 2. The van der Waals surface area contributed by atoms with Crippen molar-refractivity contribution in [3.05, 3.63) is 143 Å². The van der Waals surface area contributed by atoms with Crippen molar-refractivity contribution in [3.8, 4) is 0 Å². The summed E-state index contributed by atoms with van der Waals surface area (Å²) in [5.74, 6) is -1.60. The van der Waals surface area contributed by atoms with E-state index < -0.39 is 23.4 Å². The van der Waals surface area contributed by atoms with Crippen molar-refractivity contribution in [1.29, 1.82) is 0 Å². The highest BCUT2D eigenvalue weighted by Crippen LogP contribution is 2.62. The van der Waals surface area contributed by atoms with Crippen LogP contribution in [0.15, 0.2) is 115 Å². The zero-order valence-electron chi connectivity index (χ0n) is 20.5. The summed E-state index contributed by atoms with van der Waals surface area (Å²) in [7, 11) is 0. The fourth-order valence-corrected chi connectivity index (χ4v) is 6.72. The Labute approximate surface area is 220 Å². The number of amides is 1. The Morgan fingerprint density at radius 2 is 1.32 bits per heavy atom. The molecule has 5 heteroatoms. The Morgan fingerprint density at radius 3 is 2.05 bits per heavy atom. The molecule has 3 aliphatic heterocycles. The molecule has 0 aliphatic carbocycles. The summed E-state index contributed by atoms with van der Waals surface area (Å²) in [6.07, 6.45) is 3.87. The predicted molar refractivity (Wildman–Crippen MR) is 146 cm³/mol. The van der Waals surface area contributed by atoms with Crippen molar-refractivity contribution < 1.29 is 14.4 Å². The van der Waals surface area contributed by atoms with Gasteiger partial charge in [0.15, 0.2) is 11.6 Å². The van der Waals surface area contributed by atoms with Crippen LogP contribution in [-0.4, -0.2) is 28.4 Å². The quantitative estimate of drug-likeness (QED) is 0.370. The lowest BCUT2D eigenvalue weighted by Gasteiger charge is -2.38. The number of nitrogens with one attached hydrogen (secondary N) is 1. The molecule has 1 N–H and O–H groups in total. The van der Waals surface area contributed by atoms with Crippen molar-refractivity contribution in [3.63, 3.8) is 0 Å². The number of benzene rings is 4. The van der Waals surface area contributed by atoms with Crippen LogP contribution in [0.5, 0.6) is 0 Å². The summed E-state index contributed by atoms with van der Waals surface area (Å²) in [6.45, 7) is 0. The number of nitrogens with zero attached hydrogens (tertiary/aromatic N) is 1. The van der Waals surface area contributed by atoms with Crippen LogP contribution in [0.25, 0.3) is 6.08 Å². The maximum Gasteiger partial charge on any atom is 0.238 e. The Morgan fingerprint density at radius 1 is 0.711 bits per heavy atom. The lowest BCUT2D eigenvalue weighted by molar-refractivity contribution is -0.122. The van der Waals surface area contributed by atoms with Crippen LogP contribution >= 0.6 is 0 Å². The Bertz CT molecular complexity index is 1630. The fourth-order valence-electron chi connectivity index (χ4n) is 6.72. The van der Waals surface area contributed by atoms with Crippen LogP contribution in [0.1, 0.15) is 43.4 Å². The molecule has 3 aliphatic rings. The van der Waals surface area contributed by atoms with E-state index in [2.05, 4.69) is 5.32 Å². The molecule has 1 fully saturated rings. The third kappa shape index (κ3) is 2.96. The van der Waals surface area contributed by atoms with E-state index in [9.17, 15) is 14.4 Å². The van der Waals surface area contributed by atoms with E-state index >= 15 is 0 Å². The number of hydrogen-bond acceptors (Lipinski definition) is 4. The van der Waals surface area contributed by atoms with Gasteiger partial charge in [0.2, 0.25) is 5.91 Å². The van der Waals surface area contributed by atoms with Gasteiger partial charge in [0.1, 0.15) is 11.5 Å². The third-order valence-electron chi connectivity index (χ3n) is 8.24. The van der Waals surface area contributed by atoms with Crippen molar-refractivity contribution in [2.45, 2.75) is 17.5 Å². The SMILES string of the molecule is O=C(c1ccccc1)[C@@H]1[C@@H](C(=O)c2ccccc2)[C@]2(C(=O)Nc3ccccc32)[C@H]2c3ccccc3C=CN12. The minimum absolute atomic E-state index is 0.178. The number of hydrogen-bond donors (Lipinski definition) is 1. The molecule has 0 radical (unpaired) electrons. The van der Waals surface area contributed by atoms with Crippen LogP contribution in [0.2, 0.25) is 0 Å². The number of Topliss-reactive ketones (excluding diaryl/α,β-unsaturated/α-hetero) is 2. The lowest BCUT2D eigenvalue weighted by atomic mass is 9.62. The summed E-state index contributed by atoms with van der Waals surface area (Å²) in [5, 5.41) is 3.08. The van der Waals surface area contributed by atoms with Gasteiger partial charge < -0.3 is 10.2 Å². The molecule has 0 unspecified atom stereocenters. The van der Waals surface area contributed by atoms with E-state index in [1.165, 1.54) is 0 Å². The summed E-state index contributed by atoms with van der Waals surface area (Å²) in [5.41, 5.74) is 3.03. The second-order valence-corrected chi connectivity index (χ2v) is 10.0. The van der Waals surface area contributed by atoms with Gasteiger partial charge in [-0.3, -0.25) is 14.4 Å². The van der Waals surface area contributed by atoms with E-state index in [4.69, 9.17) is 0 Å². The summed E-state index contributed by atoms with van der Waals surface area (Å²) in [4.78, 5) is 45.2. The first-order valence-electron chi connectivity index (χ1n) is 12.8. The van der Waals surface area contributed by atoms with Crippen LogP contribution in [0, 0.1) is 5.92 Å². The number of para-hydroxylation sites is 1. The summed E-state index contributed by atoms with van der Waals surface area (Å²) >= 11 is 0. The fraction of sp³-hybridized carbons (Fsp3) is 0.121. The normalized spacial score (nSPS) is 24.5. The number of carbonyl (C=O) groups is 3. The monoisotopic (exact) mass is 496 g/mol. The molecule has 4 aromatic rings. The van der Waals surface area contributed by atoms with Gasteiger partial charge in [0.25, 0.3) is 0 Å². The molecular weight excluding hydrogens is 472 g/mol. The van der Waals surface area contributed by atoms with Gasteiger partial charge in [0, 0.05) is 23.0 Å². The first kappa shape index (κ1) is 22.4. The minimum atomic E-state index is -1.31. The van der Waals surface area contributed by atoms with Gasteiger partial charge >= 0.3 is 0 Å². The van der Waals surface area contributed by atoms with Gasteiger partial charge in [0.05, 0.1) is 12.0 Å². The second-order valence-electron chi connectivity index (χ2n) is 10.0. The molecule has 1 spiro atoms. The number of rotatable bonds is 4. The number of fused-ring (bicyclic) bond motifs is 6. The smallest absolute Gasteiger partial charge is 0.238 e. The average molecular weight is 497 g/mol. The molecule has 0 aromatic heterocycles. The number of anilines is 1. The zero-order valence-corrected chi connectivity index (χ0v) is 20.5. The standard InChI is InChI=1S/C33H24N2O3/c36-29(22-12-3-1-4-13-22)27-28(30(37)23-14-5-2-6-15-23)35-20-19-21-11-7-8-16-24(21)31(35)33(27)25-17-9-10-18-26(25)34-32(33)38/h1-20,27-28,31H,(H,34,38)/t27-,28-,31+,33-/m0/s1. The maximum absolute atomic E-state index is 14.6. The summed E-state index contributed by atoms with van der Waals surface area (Å²) < 4.78 is 0. The predicted octanol–water partition coefficient (Wildman–Crippen LogP) is 5.67. The highest BCUT2D eigenvalue weighted by molar-refractivity contribution is 6.16. The highest BCUT2D eigenvalue weighted by atomic mass is 16.2. The summed E-state index contributed by atoms with van der Waals surface area (Å²) in [6, 6.07) is 32.1. The molecule has 4 aromatic carbocycles. The topological polar surface area (TPSA) is 66.5 Å². The van der Waals surface area contributed by atoms with Crippen LogP contribution < -0.4 is 5.32 Å². The van der Waals surface area contributed by atoms with Gasteiger partial charge in [-0.05, 0) is 28.8 Å². The molecule has 7 rings (SSSR count). The average Bonchev–Trinajstić information content (AvgIpc) is 3.45. The van der Waals surface area contributed by atoms with Crippen LogP contribution in [0.4, 0.5) is 5.69 Å².